The van der Waals surface area contributed by atoms with Gasteiger partial charge in [-0.1, -0.05) is 62.9 Å². The van der Waals surface area contributed by atoms with Gasteiger partial charge in [0.25, 0.3) is 0 Å². The number of piperidine rings is 1. The molecule has 4 rings (SSSR count). The largest absolute Gasteiger partial charge is 0.299 e. The van der Waals surface area contributed by atoms with Crippen molar-refractivity contribution in [3.63, 3.8) is 0 Å². The van der Waals surface area contributed by atoms with Crippen LogP contribution in [0.15, 0.2) is 49.0 Å². The van der Waals surface area contributed by atoms with Gasteiger partial charge in [0, 0.05) is 6.54 Å². The van der Waals surface area contributed by atoms with Gasteiger partial charge in [0.15, 0.2) is 0 Å². The van der Waals surface area contributed by atoms with Gasteiger partial charge in [0.2, 0.25) is 0 Å². The smallest absolute Gasteiger partial charge is 0.0233 e. The van der Waals surface area contributed by atoms with Gasteiger partial charge in [-0.05, 0) is 90.4 Å². The van der Waals surface area contributed by atoms with Gasteiger partial charge in [0.1, 0.15) is 0 Å². The number of rotatable bonds is 5. The van der Waals surface area contributed by atoms with Gasteiger partial charge in [-0.3, -0.25) is 4.90 Å². The van der Waals surface area contributed by atoms with Crippen molar-refractivity contribution in [3.8, 4) is 0 Å². The molecule has 27 heavy (non-hydrogen) atoms. The highest BCUT2D eigenvalue weighted by Gasteiger charge is 2.23. The zero-order chi connectivity index (χ0) is 18.8. The Morgan fingerprint density at radius 2 is 1.78 bits per heavy atom. The first-order chi connectivity index (χ1) is 13.1. The van der Waals surface area contributed by atoms with Crippen molar-refractivity contribution in [2.45, 2.75) is 58.4 Å². The van der Waals surface area contributed by atoms with Gasteiger partial charge in [0.05, 0.1) is 0 Å². The first-order valence-corrected chi connectivity index (χ1v) is 10.7. The summed E-state index contributed by atoms with van der Waals surface area (Å²) in [7, 11) is 0. The molecule has 142 valence electrons. The molecule has 0 N–H and O–H groups in total. The van der Waals surface area contributed by atoms with Crippen molar-refractivity contribution in [1.29, 1.82) is 0 Å². The predicted octanol–water partition coefficient (Wildman–Crippen LogP) is 6.22. The lowest BCUT2D eigenvalue weighted by molar-refractivity contribution is 0.204. The molecule has 1 heteroatoms. The third-order valence-corrected chi connectivity index (χ3v) is 6.31. The fourth-order valence-corrected chi connectivity index (χ4v) is 4.85. The highest BCUT2D eigenvalue weighted by atomic mass is 15.1. The molecule has 0 spiro atoms. The molecule has 2 aliphatic rings. The highest BCUT2D eigenvalue weighted by Crippen LogP contribution is 2.35. The molecule has 1 aliphatic carbocycles. The molecule has 0 aromatic heterocycles. The second-order valence-corrected chi connectivity index (χ2v) is 8.99. The quantitative estimate of drug-likeness (QED) is 0.612. The Morgan fingerprint density at radius 3 is 2.56 bits per heavy atom. The van der Waals surface area contributed by atoms with Crippen LogP contribution in [0.5, 0.6) is 0 Å². The Labute approximate surface area is 165 Å². The van der Waals surface area contributed by atoms with E-state index < -0.39 is 0 Å². The Bertz CT molecular complexity index is 809. The maximum Gasteiger partial charge on any atom is 0.0233 e. The first kappa shape index (κ1) is 18.5. The SMILES string of the molecule is C=C1CCc2cc(C3CCN(Cc4cccc(CC(C)C)c4)CC3)ccc21. The summed E-state index contributed by atoms with van der Waals surface area (Å²) in [4.78, 5) is 2.64. The van der Waals surface area contributed by atoms with Crippen molar-refractivity contribution in [3.05, 3.63) is 76.9 Å². The lowest BCUT2D eigenvalue weighted by atomic mass is 9.87. The van der Waals surface area contributed by atoms with Crippen LogP contribution in [0.3, 0.4) is 0 Å². The van der Waals surface area contributed by atoms with E-state index >= 15 is 0 Å². The normalized spacial score (nSPS) is 18.3. The molecule has 2 aromatic rings. The summed E-state index contributed by atoms with van der Waals surface area (Å²) in [5.74, 6) is 1.45. The van der Waals surface area contributed by atoms with E-state index in [1.165, 1.54) is 66.6 Å². The van der Waals surface area contributed by atoms with Crippen LogP contribution in [0.2, 0.25) is 0 Å². The molecule has 0 amide bonds. The summed E-state index contributed by atoms with van der Waals surface area (Å²) in [5.41, 5.74) is 8.78. The van der Waals surface area contributed by atoms with Crippen LogP contribution >= 0.6 is 0 Å². The number of nitrogens with zero attached hydrogens (tertiary/aromatic N) is 1. The number of hydrogen-bond donors (Lipinski definition) is 0. The molecule has 1 heterocycles. The van der Waals surface area contributed by atoms with Gasteiger partial charge >= 0.3 is 0 Å². The maximum atomic E-state index is 4.20. The fourth-order valence-electron chi connectivity index (χ4n) is 4.85. The zero-order valence-electron chi connectivity index (χ0n) is 17.0. The number of hydrogen-bond acceptors (Lipinski definition) is 1. The molecule has 1 nitrogen and oxygen atoms in total. The maximum absolute atomic E-state index is 4.20. The van der Waals surface area contributed by atoms with Gasteiger partial charge < -0.3 is 0 Å². The van der Waals surface area contributed by atoms with Crippen LogP contribution in [0.4, 0.5) is 0 Å². The second-order valence-electron chi connectivity index (χ2n) is 8.99. The average molecular weight is 360 g/mol. The van der Waals surface area contributed by atoms with Crippen LogP contribution in [0, 0.1) is 5.92 Å². The van der Waals surface area contributed by atoms with E-state index in [4.69, 9.17) is 0 Å². The Morgan fingerprint density at radius 1 is 1.00 bits per heavy atom. The van der Waals surface area contributed by atoms with E-state index in [-0.39, 0.29) is 0 Å². The van der Waals surface area contributed by atoms with Crippen LogP contribution < -0.4 is 0 Å². The standard InChI is InChI=1S/C26H33N/c1-19(2)15-21-5-4-6-22(16-21)18-27-13-11-23(12-14-27)24-9-10-26-20(3)7-8-25(26)17-24/h4-6,9-10,16-17,19,23H,3,7-8,11-15,18H2,1-2H3. The van der Waals surface area contributed by atoms with Crippen molar-refractivity contribution in [1.82, 2.24) is 4.90 Å². The number of benzene rings is 2. The lowest BCUT2D eigenvalue weighted by Crippen LogP contribution is -2.32. The summed E-state index contributed by atoms with van der Waals surface area (Å²) in [6.45, 7) is 12.3. The lowest BCUT2D eigenvalue weighted by Gasteiger charge is -2.32. The van der Waals surface area contributed by atoms with E-state index in [1.54, 1.807) is 5.56 Å². The minimum atomic E-state index is 0.723. The fraction of sp³-hybridized carbons (Fsp3) is 0.462. The minimum Gasteiger partial charge on any atom is -0.299 e. The van der Waals surface area contributed by atoms with Crippen molar-refractivity contribution in [2.24, 2.45) is 5.92 Å². The van der Waals surface area contributed by atoms with Crippen molar-refractivity contribution in [2.75, 3.05) is 13.1 Å². The van der Waals surface area contributed by atoms with E-state index in [1.807, 2.05) is 0 Å². The Balaban J connectivity index is 1.35. The van der Waals surface area contributed by atoms with E-state index in [2.05, 4.69) is 67.8 Å². The molecule has 2 aromatic carbocycles. The predicted molar refractivity (Wildman–Crippen MR) is 116 cm³/mol. The summed E-state index contributed by atoms with van der Waals surface area (Å²) in [6.07, 6.45) is 6.08. The molecule has 0 bridgehead atoms. The number of allylic oxidation sites excluding steroid dienone is 1. The third-order valence-electron chi connectivity index (χ3n) is 6.31. The van der Waals surface area contributed by atoms with Crippen LogP contribution in [-0.2, 0) is 19.4 Å². The molecule has 0 atom stereocenters. The molecular weight excluding hydrogens is 326 g/mol. The van der Waals surface area contributed by atoms with Gasteiger partial charge in [-0.25, -0.2) is 0 Å². The zero-order valence-corrected chi connectivity index (χ0v) is 17.0. The molecular formula is C26H33N. The molecule has 0 unspecified atom stereocenters. The minimum absolute atomic E-state index is 0.723. The Kier molecular flexibility index (Phi) is 5.50. The van der Waals surface area contributed by atoms with E-state index in [0.717, 1.165) is 24.8 Å². The van der Waals surface area contributed by atoms with E-state index in [9.17, 15) is 0 Å². The van der Waals surface area contributed by atoms with Gasteiger partial charge in [-0.2, -0.15) is 0 Å². The van der Waals surface area contributed by atoms with E-state index in [0.29, 0.717) is 0 Å². The monoisotopic (exact) mass is 359 g/mol. The topological polar surface area (TPSA) is 3.24 Å². The van der Waals surface area contributed by atoms with Crippen molar-refractivity contribution >= 4 is 5.57 Å². The van der Waals surface area contributed by atoms with Crippen LogP contribution in [0.1, 0.15) is 66.8 Å². The molecule has 1 saturated heterocycles. The summed E-state index contributed by atoms with van der Waals surface area (Å²) < 4.78 is 0. The number of aryl methyl sites for hydroxylation is 1. The van der Waals surface area contributed by atoms with Gasteiger partial charge in [-0.15, -0.1) is 0 Å². The highest BCUT2D eigenvalue weighted by molar-refractivity contribution is 5.71. The Hall–Kier alpha value is -1.86. The summed E-state index contributed by atoms with van der Waals surface area (Å²) in [6, 6.07) is 16.4. The molecule has 1 aliphatic heterocycles. The third kappa shape index (κ3) is 4.35. The second kappa shape index (κ2) is 8.02. The first-order valence-electron chi connectivity index (χ1n) is 10.7. The molecule has 1 fully saturated rings. The molecule has 0 radical (unpaired) electrons. The number of likely N-dealkylation sites (tertiary alicyclic amines) is 1. The molecule has 0 saturated carbocycles. The number of fused-ring (bicyclic) bond motifs is 1. The van der Waals surface area contributed by atoms with Crippen LogP contribution in [0.25, 0.3) is 5.57 Å². The summed E-state index contributed by atoms with van der Waals surface area (Å²) in [5, 5.41) is 0. The van der Waals surface area contributed by atoms with Crippen molar-refractivity contribution < 1.29 is 0 Å². The van der Waals surface area contributed by atoms with Crippen LogP contribution in [-0.4, -0.2) is 18.0 Å². The average Bonchev–Trinajstić information content (AvgIpc) is 3.03. The summed E-state index contributed by atoms with van der Waals surface area (Å²) >= 11 is 0.